The largest absolute Gasteiger partial charge is 0.462 e. The number of esters is 1. The van der Waals surface area contributed by atoms with Gasteiger partial charge in [0.2, 0.25) is 5.71 Å². The number of aliphatic hydroxyl groups excluding tert-OH is 1. The number of aliphatic hydroxyl groups is 1. The minimum atomic E-state index is -0.886. The van der Waals surface area contributed by atoms with Crippen molar-refractivity contribution in [2.45, 2.75) is 77.4 Å². The second kappa shape index (κ2) is 12.0. The molecule has 37 heavy (non-hydrogen) atoms. The van der Waals surface area contributed by atoms with Crippen LogP contribution in [0.3, 0.4) is 0 Å². The highest BCUT2D eigenvalue weighted by molar-refractivity contribution is 5.79. The highest BCUT2D eigenvalue weighted by atomic mass is 16.6. The van der Waals surface area contributed by atoms with Crippen LogP contribution in [0.4, 0.5) is 0 Å². The highest BCUT2D eigenvalue weighted by Gasteiger charge is 2.37. The Hall–Kier alpha value is -3.01. The van der Waals surface area contributed by atoms with Gasteiger partial charge >= 0.3 is 11.7 Å². The Morgan fingerprint density at radius 3 is 2.70 bits per heavy atom. The van der Waals surface area contributed by atoms with Gasteiger partial charge in [0.25, 0.3) is 0 Å². The number of aromatic nitrogens is 2. The Labute approximate surface area is 216 Å². The average Bonchev–Trinajstić information content (AvgIpc) is 3.45. The van der Waals surface area contributed by atoms with Crippen molar-refractivity contribution in [3.8, 4) is 11.3 Å². The van der Waals surface area contributed by atoms with Crippen molar-refractivity contribution >= 4 is 17.1 Å². The van der Waals surface area contributed by atoms with Crippen LogP contribution in [0.2, 0.25) is 0 Å². The molecule has 0 aliphatic carbocycles. The summed E-state index contributed by atoms with van der Waals surface area (Å²) in [5, 5.41) is 14.1. The van der Waals surface area contributed by atoms with Gasteiger partial charge in [-0.15, -0.1) is 0 Å². The zero-order chi connectivity index (χ0) is 26.5. The molecule has 3 heterocycles. The maximum absolute atomic E-state index is 12.8. The van der Waals surface area contributed by atoms with Crippen LogP contribution in [0, 0.1) is 5.92 Å². The third-order valence-corrected chi connectivity index (χ3v) is 6.88. The summed E-state index contributed by atoms with van der Waals surface area (Å²) >= 11 is 0. The topological polar surface area (TPSA) is 116 Å². The minimum Gasteiger partial charge on any atom is -0.462 e. The number of benzene rings is 1. The van der Waals surface area contributed by atoms with E-state index in [1.165, 1.54) is 29.4 Å². The number of carbonyl (C=O) groups excluding carboxylic acids is 1. The number of carbonyl (C=O) groups is 1. The lowest BCUT2D eigenvalue weighted by molar-refractivity contribution is -0.153. The summed E-state index contributed by atoms with van der Waals surface area (Å²) in [5.74, 6) is 0.276. The van der Waals surface area contributed by atoms with Crippen molar-refractivity contribution < 1.29 is 23.8 Å². The normalized spacial score (nSPS) is 20.5. The number of unbranched alkanes of at least 4 members (excludes halogenated alkanes) is 2. The Kier molecular flexibility index (Phi) is 8.79. The fraction of sp³-hybridized carbons (Fsp3) is 0.536. The van der Waals surface area contributed by atoms with Gasteiger partial charge in [-0.25, -0.2) is 4.79 Å². The van der Waals surface area contributed by atoms with Crippen LogP contribution in [-0.4, -0.2) is 52.5 Å². The van der Waals surface area contributed by atoms with Crippen LogP contribution in [0.15, 0.2) is 45.7 Å². The molecule has 4 rings (SSSR count). The van der Waals surface area contributed by atoms with Gasteiger partial charge in [-0.1, -0.05) is 57.9 Å². The molecule has 9 nitrogen and oxygen atoms in total. The third-order valence-electron chi connectivity index (χ3n) is 6.88. The number of furan rings is 1. The number of hydrogen-bond donors (Lipinski definition) is 2. The number of fused-ring (bicyclic) bond motifs is 1. The van der Waals surface area contributed by atoms with E-state index in [2.05, 4.69) is 29.4 Å². The Morgan fingerprint density at radius 1 is 1.27 bits per heavy atom. The van der Waals surface area contributed by atoms with Gasteiger partial charge in [0.05, 0.1) is 11.5 Å². The molecule has 1 aliphatic heterocycles. The zero-order valence-electron chi connectivity index (χ0n) is 22.0. The van der Waals surface area contributed by atoms with Crippen molar-refractivity contribution in [2.75, 3.05) is 13.7 Å². The summed E-state index contributed by atoms with van der Waals surface area (Å²) < 4.78 is 18.5. The monoisotopic (exact) mass is 511 g/mol. The standard InChI is InChI=1S/C28H37N3O6/c1-5-6-7-8-18-9-11-19(12-10-18)22-13-20-15-31(28(34)30-26(20)37-22)24-14-21(32)23(36-24)16-35-27(33)25(29-4)17(2)3/h9-13,15,17,21,23-25,29,32H,5-8,14,16H2,1-4H3. The van der Waals surface area contributed by atoms with Gasteiger partial charge in [-0.2, -0.15) is 4.98 Å². The summed E-state index contributed by atoms with van der Waals surface area (Å²) in [6.07, 6.45) is 4.10. The van der Waals surface area contributed by atoms with E-state index in [1.54, 1.807) is 13.2 Å². The molecule has 4 atom stereocenters. The molecule has 1 aromatic carbocycles. The predicted molar refractivity (Wildman–Crippen MR) is 140 cm³/mol. The van der Waals surface area contributed by atoms with Crippen molar-refractivity contribution in [2.24, 2.45) is 5.92 Å². The molecule has 0 radical (unpaired) electrons. The average molecular weight is 512 g/mol. The van der Waals surface area contributed by atoms with Gasteiger partial charge in [-0.3, -0.25) is 9.36 Å². The Bertz CT molecular complexity index is 1250. The van der Waals surface area contributed by atoms with Crippen molar-refractivity contribution in [3.05, 3.63) is 52.6 Å². The molecule has 0 amide bonds. The summed E-state index contributed by atoms with van der Waals surface area (Å²) in [5.41, 5.74) is 1.91. The van der Waals surface area contributed by atoms with Crippen molar-refractivity contribution in [1.82, 2.24) is 14.9 Å². The third kappa shape index (κ3) is 6.29. The fourth-order valence-electron chi connectivity index (χ4n) is 4.70. The molecule has 4 unspecified atom stereocenters. The number of nitrogens with zero attached hydrogens (tertiary/aromatic N) is 2. The molecular formula is C28H37N3O6. The molecule has 200 valence electrons. The van der Waals surface area contributed by atoms with E-state index in [0.717, 1.165) is 12.0 Å². The smallest absolute Gasteiger partial charge is 0.353 e. The molecule has 2 aromatic heterocycles. The lowest BCUT2D eigenvalue weighted by Gasteiger charge is -2.21. The van der Waals surface area contributed by atoms with Crippen LogP contribution in [0.1, 0.15) is 58.2 Å². The number of ether oxygens (including phenoxy) is 2. The van der Waals surface area contributed by atoms with E-state index in [9.17, 15) is 14.7 Å². The van der Waals surface area contributed by atoms with E-state index in [1.807, 2.05) is 32.0 Å². The molecular weight excluding hydrogens is 474 g/mol. The van der Waals surface area contributed by atoms with E-state index in [4.69, 9.17) is 13.9 Å². The summed E-state index contributed by atoms with van der Waals surface area (Å²) in [6.45, 7) is 5.93. The number of rotatable bonds is 11. The van der Waals surface area contributed by atoms with Crippen molar-refractivity contribution in [3.63, 3.8) is 0 Å². The van der Waals surface area contributed by atoms with Crippen LogP contribution >= 0.6 is 0 Å². The summed E-state index contributed by atoms with van der Waals surface area (Å²) in [6, 6.07) is 9.64. The van der Waals surface area contributed by atoms with Gasteiger partial charge < -0.3 is 24.3 Å². The first kappa shape index (κ1) is 27.0. The minimum absolute atomic E-state index is 0.0552. The fourth-order valence-corrected chi connectivity index (χ4v) is 4.70. The Morgan fingerprint density at radius 2 is 2.03 bits per heavy atom. The molecule has 3 aromatic rings. The van der Waals surface area contributed by atoms with Gasteiger partial charge in [0.15, 0.2) is 0 Å². The van der Waals surface area contributed by atoms with Crippen LogP contribution in [0.5, 0.6) is 0 Å². The van der Waals surface area contributed by atoms with Crippen LogP contribution in [-0.2, 0) is 20.7 Å². The molecule has 1 saturated heterocycles. The predicted octanol–water partition coefficient (Wildman–Crippen LogP) is 3.82. The lowest BCUT2D eigenvalue weighted by Crippen LogP contribution is -2.41. The first-order valence-electron chi connectivity index (χ1n) is 13.1. The Balaban J connectivity index is 1.45. The molecule has 0 spiro atoms. The summed E-state index contributed by atoms with van der Waals surface area (Å²) in [7, 11) is 1.70. The SMILES string of the molecule is CCCCCc1ccc(-c2cc3cn(C4CC(O)C(COC(=O)C(NC)C(C)C)O4)c(=O)nc3o2)cc1. The van der Waals surface area contributed by atoms with Gasteiger partial charge in [0, 0.05) is 18.2 Å². The molecule has 0 bridgehead atoms. The van der Waals surface area contributed by atoms with Crippen LogP contribution < -0.4 is 11.0 Å². The summed E-state index contributed by atoms with van der Waals surface area (Å²) in [4.78, 5) is 29.2. The molecule has 0 saturated carbocycles. The number of aryl methyl sites for hydroxylation is 1. The van der Waals surface area contributed by atoms with Crippen LogP contribution in [0.25, 0.3) is 22.4 Å². The van der Waals surface area contributed by atoms with E-state index in [0.29, 0.717) is 11.1 Å². The first-order valence-corrected chi connectivity index (χ1v) is 13.1. The molecule has 1 aliphatic rings. The second-order valence-electron chi connectivity index (χ2n) is 10.0. The maximum Gasteiger partial charge on any atom is 0.353 e. The van der Waals surface area contributed by atoms with Gasteiger partial charge in [-0.05, 0) is 37.4 Å². The van der Waals surface area contributed by atoms with E-state index in [-0.39, 0.29) is 24.7 Å². The van der Waals surface area contributed by atoms with E-state index >= 15 is 0 Å². The maximum atomic E-state index is 12.8. The van der Waals surface area contributed by atoms with Crippen molar-refractivity contribution in [1.29, 1.82) is 0 Å². The first-order chi connectivity index (χ1) is 17.8. The molecule has 9 heteroatoms. The number of hydrogen-bond acceptors (Lipinski definition) is 8. The quantitative estimate of drug-likeness (QED) is 0.295. The highest BCUT2D eigenvalue weighted by Crippen LogP contribution is 2.31. The zero-order valence-corrected chi connectivity index (χ0v) is 22.0. The lowest BCUT2D eigenvalue weighted by atomic mass is 10.0. The number of nitrogens with one attached hydrogen (secondary N) is 1. The molecule has 2 N–H and O–H groups in total. The van der Waals surface area contributed by atoms with E-state index < -0.39 is 36.1 Å². The number of likely N-dealkylation sites (N-methyl/N-ethyl adjacent to an activating group) is 1. The molecule has 1 fully saturated rings. The second-order valence-corrected chi connectivity index (χ2v) is 10.0. The van der Waals surface area contributed by atoms with Gasteiger partial charge in [0.1, 0.15) is 30.7 Å².